The Bertz CT molecular complexity index is 1200. The second-order valence-corrected chi connectivity index (χ2v) is 7.42. The van der Waals surface area contributed by atoms with Gasteiger partial charge in [-0.3, -0.25) is 4.79 Å². The fourth-order valence-corrected chi connectivity index (χ4v) is 3.46. The van der Waals surface area contributed by atoms with Crippen LogP contribution in [0.5, 0.6) is 11.5 Å². The van der Waals surface area contributed by atoms with Crippen molar-refractivity contribution >= 4 is 12.0 Å². The van der Waals surface area contributed by atoms with Crippen molar-refractivity contribution in [3.05, 3.63) is 65.6 Å². The van der Waals surface area contributed by atoms with Gasteiger partial charge in [0.1, 0.15) is 0 Å². The number of aromatic nitrogens is 2. The summed E-state index contributed by atoms with van der Waals surface area (Å²) in [6.45, 7) is 0.949. The minimum atomic E-state index is -4.45. The summed E-state index contributed by atoms with van der Waals surface area (Å²) in [6.07, 6.45) is -1.29. The molecule has 0 saturated carbocycles. The molecular formula is C22H16F3N3O4. The number of likely N-dealkylation sites (tertiary alicyclic amines) is 1. The highest BCUT2D eigenvalue weighted by molar-refractivity contribution is 5.92. The molecule has 2 aliphatic heterocycles. The lowest BCUT2D eigenvalue weighted by molar-refractivity contribution is -0.137. The first kappa shape index (κ1) is 20.1. The van der Waals surface area contributed by atoms with Gasteiger partial charge in [-0.15, -0.1) is 0 Å². The van der Waals surface area contributed by atoms with Crippen molar-refractivity contribution in [1.82, 2.24) is 15.0 Å². The van der Waals surface area contributed by atoms with Crippen LogP contribution in [0.4, 0.5) is 13.2 Å². The van der Waals surface area contributed by atoms with Gasteiger partial charge in [-0.05, 0) is 35.9 Å². The number of hydrogen-bond donors (Lipinski definition) is 0. The van der Waals surface area contributed by atoms with Crippen LogP contribution in [0.2, 0.25) is 0 Å². The quantitative estimate of drug-likeness (QED) is 0.565. The van der Waals surface area contributed by atoms with E-state index in [0.29, 0.717) is 30.5 Å². The van der Waals surface area contributed by atoms with Crippen molar-refractivity contribution in [3.63, 3.8) is 0 Å². The van der Waals surface area contributed by atoms with Gasteiger partial charge < -0.3 is 18.9 Å². The highest BCUT2D eigenvalue weighted by atomic mass is 19.4. The van der Waals surface area contributed by atoms with Gasteiger partial charge in [-0.2, -0.15) is 18.2 Å². The van der Waals surface area contributed by atoms with Crippen LogP contribution in [0.1, 0.15) is 22.9 Å². The van der Waals surface area contributed by atoms with Gasteiger partial charge in [0.2, 0.25) is 24.4 Å². The molecule has 0 bridgehead atoms. The first-order chi connectivity index (χ1) is 15.4. The SMILES string of the molecule is O=C(C=Cc1ccc2c(c1)OCO2)N1CC(c2nc(-c3cccc(C(F)(F)F)c3)no2)C1. The molecule has 0 aliphatic carbocycles. The molecule has 3 aromatic rings. The number of hydrogen-bond acceptors (Lipinski definition) is 6. The summed E-state index contributed by atoms with van der Waals surface area (Å²) in [5.41, 5.74) is 0.243. The van der Waals surface area contributed by atoms with Crippen LogP contribution in [0.3, 0.4) is 0 Å². The van der Waals surface area contributed by atoms with E-state index in [1.54, 1.807) is 23.1 Å². The first-order valence-electron chi connectivity index (χ1n) is 9.75. The Hall–Kier alpha value is -3.82. The number of nitrogens with zero attached hydrogens (tertiary/aromatic N) is 3. The molecule has 32 heavy (non-hydrogen) atoms. The molecule has 1 saturated heterocycles. The van der Waals surface area contributed by atoms with Gasteiger partial charge in [0, 0.05) is 24.7 Å². The maximum absolute atomic E-state index is 12.9. The number of carbonyl (C=O) groups is 1. The van der Waals surface area contributed by atoms with Crippen LogP contribution in [-0.2, 0) is 11.0 Å². The molecule has 1 fully saturated rings. The first-order valence-corrected chi connectivity index (χ1v) is 9.75. The molecule has 2 aliphatic rings. The Morgan fingerprint density at radius 3 is 2.72 bits per heavy atom. The smallest absolute Gasteiger partial charge is 0.416 e. The lowest BCUT2D eigenvalue weighted by atomic mass is 10.00. The zero-order valence-corrected chi connectivity index (χ0v) is 16.5. The zero-order valence-electron chi connectivity index (χ0n) is 16.5. The van der Waals surface area contributed by atoms with Gasteiger partial charge in [0.15, 0.2) is 11.5 Å². The Balaban J connectivity index is 1.20. The minimum Gasteiger partial charge on any atom is -0.454 e. The highest BCUT2D eigenvalue weighted by Crippen LogP contribution is 2.34. The molecule has 10 heteroatoms. The number of benzene rings is 2. The van der Waals surface area contributed by atoms with E-state index in [9.17, 15) is 18.0 Å². The second kappa shape index (κ2) is 7.70. The van der Waals surface area contributed by atoms with Crippen molar-refractivity contribution in [2.45, 2.75) is 12.1 Å². The maximum atomic E-state index is 12.9. The van der Waals surface area contributed by atoms with Crippen molar-refractivity contribution in [2.24, 2.45) is 0 Å². The third-order valence-electron chi connectivity index (χ3n) is 5.25. The predicted molar refractivity (Wildman–Crippen MR) is 106 cm³/mol. The highest BCUT2D eigenvalue weighted by Gasteiger charge is 2.35. The summed E-state index contributed by atoms with van der Waals surface area (Å²) in [7, 11) is 0. The maximum Gasteiger partial charge on any atom is 0.416 e. The minimum absolute atomic E-state index is 0.0820. The zero-order chi connectivity index (χ0) is 22.3. The van der Waals surface area contributed by atoms with Crippen LogP contribution in [0.15, 0.2) is 53.1 Å². The number of carbonyl (C=O) groups excluding carboxylic acids is 1. The number of fused-ring (bicyclic) bond motifs is 1. The average molecular weight is 443 g/mol. The molecule has 0 spiro atoms. The third kappa shape index (κ3) is 3.91. The summed E-state index contributed by atoms with van der Waals surface area (Å²) in [5.74, 6) is 1.35. The Morgan fingerprint density at radius 2 is 1.91 bits per heavy atom. The molecule has 164 valence electrons. The molecule has 0 atom stereocenters. The summed E-state index contributed by atoms with van der Waals surface area (Å²) < 4.78 is 54.5. The standard InChI is InChI=1S/C22H16F3N3O4/c23-22(24,25)16-3-1-2-14(9-16)20-26-21(32-27-20)15-10-28(11-15)19(29)7-5-13-4-6-17-18(8-13)31-12-30-17/h1-9,15H,10-12H2. The number of rotatable bonds is 4. The third-order valence-corrected chi connectivity index (χ3v) is 5.25. The molecule has 0 unspecified atom stereocenters. The number of alkyl halides is 3. The van der Waals surface area contributed by atoms with E-state index < -0.39 is 11.7 Å². The van der Waals surface area contributed by atoms with Crippen LogP contribution < -0.4 is 9.47 Å². The van der Waals surface area contributed by atoms with Gasteiger partial charge >= 0.3 is 6.18 Å². The summed E-state index contributed by atoms with van der Waals surface area (Å²) in [6, 6.07) is 10.1. The summed E-state index contributed by atoms with van der Waals surface area (Å²) >= 11 is 0. The number of halogens is 3. The lowest BCUT2D eigenvalue weighted by Gasteiger charge is -2.36. The molecule has 5 rings (SSSR count). The predicted octanol–water partition coefficient (Wildman–Crippen LogP) is 4.12. The van der Waals surface area contributed by atoms with E-state index >= 15 is 0 Å². The van der Waals surface area contributed by atoms with Crippen LogP contribution >= 0.6 is 0 Å². The average Bonchev–Trinajstić information content (AvgIpc) is 3.40. The van der Waals surface area contributed by atoms with Crippen LogP contribution in [0, 0.1) is 0 Å². The van der Waals surface area contributed by atoms with E-state index in [1.165, 1.54) is 18.2 Å². The molecule has 3 heterocycles. The van der Waals surface area contributed by atoms with Crippen molar-refractivity contribution in [2.75, 3.05) is 19.9 Å². The Kier molecular flexibility index (Phi) is 4.84. The Labute approximate surface area is 180 Å². The fraction of sp³-hybridized carbons (Fsp3) is 0.227. The fourth-order valence-electron chi connectivity index (χ4n) is 3.46. The molecular weight excluding hydrogens is 427 g/mol. The normalized spacial score (nSPS) is 15.9. The molecule has 2 aromatic carbocycles. The van der Waals surface area contributed by atoms with Crippen LogP contribution in [0.25, 0.3) is 17.5 Å². The second-order valence-electron chi connectivity index (χ2n) is 7.42. The van der Waals surface area contributed by atoms with Gasteiger partial charge in [0.05, 0.1) is 11.5 Å². The van der Waals surface area contributed by atoms with E-state index in [0.717, 1.165) is 17.7 Å². The van der Waals surface area contributed by atoms with Gasteiger partial charge in [0.25, 0.3) is 0 Å². The Morgan fingerprint density at radius 1 is 1.09 bits per heavy atom. The van der Waals surface area contributed by atoms with E-state index in [4.69, 9.17) is 14.0 Å². The molecule has 0 N–H and O–H groups in total. The lowest BCUT2D eigenvalue weighted by Crippen LogP contribution is -2.47. The van der Waals surface area contributed by atoms with Crippen molar-refractivity contribution in [3.8, 4) is 22.9 Å². The molecule has 7 nitrogen and oxygen atoms in total. The largest absolute Gasteiger partial charge is 0.454 e. The topological polar surface area (TPSA) is 77.7 Å². The van der Waals surface area contributed by atoms with E-state index in [2.05, 4.69) is 10.1 Å². The molecule has 1 amide bonds. The number of ether oxygens (including phenoxy) is 2. The van der Waals surface area contributed by atoms with E-state index in [-0.39, 0.29) is 30.0 Å². The van der Waals surface area contributed by atoms with Gasteiger partial charge in [-0.1, -0.05) is 23.4 Å². The van der Waals surface area contributed by atoms with Crippen molar-refractivity contribution < 1.29 is 32.0 Å². The summed E-state index contributed by atoms with van der Waals surface area (Å²) in [5, 5.41) is 3.79. The molecule has 0 radical (unpaired) electrons. The summed E-state index contributed by atoms with van der Waals surface area (Å²) in [4.78, 5) is 18.2. The molecule has 1 aromatic heterocycles. The monoisotopic (exact) mass is 443 g/mol. The van der Waals surface area contributed by atoms with Crippen molar-refractivity contribution in [1.29, 1.82) is 0 Å². The number of amides is 1. The van der Waals surface area contributed by atoms with Crippen LogP contribution in [-0.4, -0.2) is 40.8 Å². The van der Waals surface area contributed by atoms with E-state index in [1.807, 2.05) is 6.07 Å². The van der Waals surface area contributed by atoms with Gasteiger partial charge in [-0.25, -0.2) is 0 Å².